The van der Waals surface area contributed by atoms with Crippen molar-refractivity contribution in [2.24, 2.45) is 0 Å². The first-order valence-electron chi connectivity index (χ1n) is 8.65. The molecule has 1 unspecified atom stereocenters. The number of rotatable bonds is 5. The standard InChI is InChI=1S/C20H19ClN2O5S/c1-12-7-9-13(10-8-12)29(26,27)11-16-17(19(24)28-2)18(23-20(25)22-16)14-5-3-4-6-15(14)21/h3-10,18H,11H2,1-2H3,(H2,22,23,25). The molecule has 0 radical (unpaired) electrons. The number of halogens is 1. The molecule has 2 aromatic rings. The highest BCUT2D eigenvalue weighted by Gasteiger charge is 2.36. The lowest BCUT2D eigenvalue weighted by molar-refractivity contribution is -0.136. The van der Waals surface area contributed by atoms with E-state index in [1.54, 1.807) is 36.4 Å². The highest BCUT2D eigenvalue weighted by Crippen LogP contribution is 2.32. The highest BCUT2D eigenvalue weighted by molar-refractivity contribution is 7.91. The van der Waals surface area contributed by atoms with E-state index in [9.17, 15) is 18.0 Å². The number of sulfone groups is 1. The Kier molecular flexibility index (Phi) is 5.95. The summed E-state index contributed by atoms with van der Waals surface area (Å²) in [6.45, 7) is 1.84. The van der Waals surface area contributed by atoms with Crippen LogP contribution in [0.2, 0.25) is 5.02 Å². The van der Waals surface area contributed by atoms with Crippen molar-refractivity contribution in [2.75, 3.05) is 12.9 Å². The lowest BCUT2D eigenvalue weighted by atomic mass is 9.95. The molecular weight excluding hydrogens is 416 g/mol. The van der Waals surface area contributed by atoms with Gasteiger partial charge in [0.1, 0.15) is 0 Å². The van der Waals surface area contributed by atoms with Crippen LogP contribution in [0.15, 0.2) is 64.7 Å². The third-order valence-corrected chi connectivity index (χ3v) is 6.49. The van der Waals surface area contributed by atoms with Gasteiger partial charge in [0, 0.05) is 10.7 Å². The number of esters is 1. The number of nitrogens with one attached hydrogen (secondary N) is 2. The largest absolute Gasteiger partial charge is 0.466 e. The number of carbonyl (C=O) groups excluding carboxylic acids is 2. The van der Waals surface area contributed by atoms with Crippen LogP contribution < -0.4 is 10.6 Å². The van der Waals surface area contributed by atoms with Crippen molar-refractivity contribution in [2.45, 2.75) is 17.9 Å². The van der Waals surface area contributed by atoms with Crippen molar-refractivity contribution in [3.63, 3.8) is 0 Å². The zero-order valence-electron chi connectivity index (χ0n) is 15.7. The van der Waals surface area contributed by atoms with E-state index < -0.39 is 33.6 Å². The van der Waals surface area contributed by atoms with Crippen molar-refractivity contribution < 1.29 is 22.7 Å². The summed E-state index contributed by atoms with van der Waals surface area (Å²) in [5.41, 5.74) is 1.30. The Balaban J connectivity index is 2.11. The molecule has 1 heterocycles. The molecule has 1 atom stereocenters. The van der Waals surface area contributed by atoms with Crippen molar-refractivity contribution in [3.8, 4) is 0 Å². The molecular formula is C20H19ClN2O5S. The van der Waals surface area contributed by atoms with Crippen molar-refractivity contribution >= 4 is 33.4 Å². The monoisotopic (exact) mass is 434 g/mol. The molecule has 3 rings (SSSR count). The van der Waals surface area contributed by atoms with E-state index in [4.69, 9.17) is 16.3 Å². The summed E-state index contributed by atoms with van der Waals surface area (Å²) in [5.74, 6) is -1.34. The van der Waals surface area contributed by atoms with Gasteiger partial charge in [-0.1, -0.05) is 47.5 Å². The molecule has 2 amide bonds. The summed E-state index contributed by atoms with van der Waals surface area (Å²) in [5, 5.41) is 5.38. The number of amides is 2. The zero-order chi connectivity index (χ0) is 21.2. The molecule has 0 saturated carbocycles. The van der Waals surface area contributed by atoms with Crippen molar-refractivity contribution in [1.82, 2.24) is 10.6 Å². The van der Waals surface area contributed by atoms with E-state index in [0.29, 0.717) is 10.6 Å². The normalized spacial score (nSPS) is 16.8. The average Bonchev–Trinajstić information content (AvgIpc) is 2.67. The maximum absolute atomic E-state index is 12.9. The van der Waals surface area contributed by atoms with Gasteiger partial charge in [-0.3, -0.25) is 0 Å². The van der Waals surface area contributed by atoms with E-state index in [-0.39, 0.29) is 16.2 Å². The topological polar surface area (TPSA) is 102 Å². The first-order chi connectivity index (χ1) is 13.7. The van der Waals surface area contributed by atoms with Gasteiger partial charge in [-0.2, -0.15) is 0 Å². The van der Waals surface area contributed by atoms with Gasteiger partial charge in [0.2, 0.25) is 0 Å². The third-order valence-electron chi connectivity index (χ3n) is 4.49. The predicted octanol–water partition coefficient (Wildman–Crippen LogP) is 2.90. The molecule has 2 N–H and O–H groups in total. The van der Waals surface area contributed by atoms with Crippen molar-refractivity contribution in [3.05, 3.63) is 76.0 Å². The van der Waals surface area contributed by atoms with E-state index in [1.165, 1.54) is 19.2 Å². The molecule has 1 aliphatic heterocycles. The fourth-order valence-corrected chi connectivity index (χ4v) is 4.61. The lowest BCUT2D eigenvalue weighted by Crippen LogP contribution is -2.47. The molecule has 9 heteroatoms. The summed E-state index contributed by atoms with van der Waals surface area (Å²) in [4.78, 5) is 24.9. The number of hydrogen-bond acceptors (Lipinski definition) is 5. The first-order valence-corrected chi connectivity index (χ1v) is 10.7. The minimum absolute atomic E-state index is 0.0177. The number of ether oxygens (including phenoxy) is 1. The Morgan fingerprint density at radius 3 is 2.41 bits per heavy atom. The van der Waals surface area contributed by atoms with Gasteiger partial charge in [-0.25, -0.2) is 18.0 Å². The molecule has 0 saturated heterocycles. The Morgan fingerprint density at radius 1 is 1.14 bits per heavy atom. The van der Waals surface area contributed by atoms with Gasteiger partial charge in [0.25, 0.3) is 0 Å². The summed E-state index contributed by atoms with van der Waals surface area (Å²) >= 11 is 6.25. The Morgan fingerprint density at radius 2 is 1.79 bits per heavy atom. The molecule has 0 aromatic heterocycles. The Bertz CT molecular complexity index is 1090. The second-order valence-corrected chi connectivity index (χ2v) is 8.91. The molecule has 7 nitrogen and oxygen atoms in total. The summed E-state index contributed by atoms with van der Waals surface area (Å²) in [7, 11) is -2.65. The van der Waals surface area contributed by atoms with Crippen LogP contribution >= 0.6 is 11.6 Å². The van der Waals surface area contributed by atoms with Crippen LogP contribution in [0.5, 0.6) is 0 Å². The van der Waals surface area contributed by atoms with E-state index in [1.807, 2.05) is 6.92 Å². The maximum Gasteiger partial charge on any atom is 0.338 e. The molecule has 0 bridgehead atoms. The van der Waals surface area contributed by atoms with E-state index in [2.05, 4.69) is 10.6 Å². The fourth-order valence-electron chi connectivity index (χ4n) is 3.04. The Hall–Kier alpha value is -2.84. The van der Waals surface area contributed by atoms with Gasteiger partial charge in [-0.05, 0) is 30.7 Å². The van der Waals surface area contributed by atoms with Crippen LogP contribution in [0, 0.1) is 6.92 Å². The minimum Gasteiger partial charge on any atom is -0.466 e. The second-order valence-electron chi connectivity index (χ2n) is 6.51. The molecule has 1 aliphatic rings. The average molecular weight is 435 g/mol. The summed E-state index contributed by atoms with van der Waals surface area (Å²) in [6.07, 6.45) is 0. The van der Waals surface area contributed by atoms with Crippen LogP contribution in [0.3, 0.4) is 0 Å². The SMILES string of the molecule is COC(=O)C1=C(CS(=O)(=O)c2ccc(C)cc2)NC(=O)NC1c1ccccc1Cl. The number of carbonyl (C=O) groups is 2. The molecule has 152 valence electrons. The Labute approximate surface area is 173 Å². The van der Waals surface area contributed by atoms with Gasteiger partial charge in [-0.15, -0.1) is 0 Å². The summed E-state index contributed by atoms with van der Waals surface area (Å²) < 4.78 is 30.7. The minimum atomic E-state index is -3.83. The second kappa shape index (κ2) is 8.26. The van der Waals surface area contributed by atoms with Crippen LogP contribution in [0.25, 0.3) is 0 Å². The number of methoxy groups -OCH3 is 1. The third kappa shape index (κ3) is 4.44. The van der Waals surface area contributed by atoms with Crippen molar-refractivity contribution in [1.29, 1.82) is 0 Å². The predicted molar refractivity (Wildman–Crippen MR) is 108 cm³/mol. The van der Waals surface area contributed by atoms with E-state index >= 15 is 0 Å². The number of aryl methyl sites for hydroxylation is 1. The van der Waals surface area contributed by atoms with Crippen LogP contribution in [0.1, 0.15) is 17.2 Å². The number of benzene rings is 2. The van der Waals surface area contributed by atoms with Gasteiger partial charge in [0.15, 0.2) is 9.84 Å². The first kappa shape index (κ1) is 20.9. The van der Waals surface area contributed by atoms with Gasteiger partial charge in [0.05, 0.1) is 29.4 Å². The van der Waals surface area contributed by atoms with Crippen LogP contribution in [-0.4, -0.2) is 33.3 Å². The fraction of sp³-hybridized carbons (Fsp3) is 0.200. The molecule has 2 aromatic carbocycles. The zero-order valence-corrected chi connectivity index (χ0v) is 17.3. The van der Waals surface area contributed by atoms with Crippen LogP contribution in [0.4, 0.5) is 4.79 Å². The smallest absolute Gasteiger partial charge is 0.338 e. The lowest BCUT2D eigenvalue weighted by Gasteiger charge is -2.29. The maximum atomic E-state index is 12.9. The molecule has 0 spiro atoms. The molecule has 29 heavy (non-hydrogen) atoms. The number of hydrogen-bond donors (Lipinski definition) is 2. The highest BCUT2D eigenvalue weighted by atomic mass is 35.5. The van der Waals surface area contributed by atoms with Gasteiger partial charge < -0.3 is 15.4 Å². The summed E-state index contributed by atoms with van der Waals surface area (Å²) in [6, 6.07) is 11.4. The van der Waals surface area contributed by atoms with E-state index in [0.717, 1.165) is 5.56 Å². The molecule has 0 aliphatic carbocycles. The quantitative estimate of drug-likeness (QED) is 0.704. The molecule has 0 fully saturated rings. The van der Waals surface area contributed by atoms with Crippen LogP contribution in [-0.2, 0) is 19.4 Å². The van der Waals surface area contributed by atoms with Gasteiger partial charge >= 0.3 is 12.0 Å². The number of urea groups is 1.